The Kier molecular flexibility index (Phi) is 35.7. The summed E-state index contributed by atoms with van der Waals surface area (Å²) in [5, 5.41) is 80.9. The Morgan fingerprint density at radius 3 is 1.08 bits per heavy atom. The molecule has 2 aromatic rings. The number of carboxylic acid groups (broad SMARTS) is 2. The average molecular weight is 709 g/mol. The number of aliphatic hydroxyl groups excluding tert-OH is 8. The van der Waals surface area contributed by atoms with E-state index in [0.717, 1.165) is 0 Å². The van der Waals surface area contributed by atoms with Crippen molar-refractivity contribution >= 4 is 23.9 Å². The maximum Gasteiger partial charge on any atom is 0.346 e. The largest absolute Gasteiger partial charge is 0.478 e. The van der Waals surface area contributed by atoms with Gasteiger partial charge in [-0.05, 0) is 43.3 Å². The average Bonchev–Trinajstić information content (AvgIpc) is 3.40. The zero-order chi connectivity index (χ0) is 37.9. The van der Waals surface area contributed by atoms with Crippen LogP contribution < -0.4 is 0 Å². The number of fused-ring (bicyclic) bond motifs is 1. The Hall–Kier alpha value is -3.92. The molecule has 1 aliphatic heterocycles. The summed E-state index contributed by atoms with van der Waals surface area (Å²) >= 11 is 0. The Morgan fingerprint density at radius 1 is 0.571 bits per heavy atom. The molecule has 0 bridgehead atoms. The van der Waals surface area contributed by atoms with Gasteiger partial charge >= 0.3 is 23.9 Å². The van der Waals surface area contributed by atoms with E-state index >= 15 is 0 Å². The molecule has 0 saturated heterocycles. The predicted octanol–water partition coefficient (Wildman–Crippen LogP) is -1.60. The van der Waals surface area contributed by atoms with E-state index < -0.39 is 30.0 Å². The van der Waals surface area contributed by atoms with Crippen molar-refractivity contribution < 1.29 is 89.2 Å². The van der Waals surface area contributed by atoms with Crippen LogP contribution >= 0.6 is 0 Å². The number of aromatic carboxylic acids is 2. The van der Waals surface area contributed by atoms with Crippen LogP contribution in [0, 0.1) is 0 Å². The van der Waals surface area contributed by atoms with Crippen LogP contribution in [0.2, 0.25) is 0 Å². The van der Waals surface area contributed by atoms with Crippen LogP contribution in [0.15, 0.2) is 48.5 Å². The number of esters is 2. The standard InChI is InChI=1S/C8H6O4.C8H4O3.C6H14O4.C4H10O3.C3H8O2.C2H6O2/c9-7(10)5-1-2-6(4-3-5)8(11)12;9-7-5-3-1-2-4-6(5)8(10)11-7;7-1-3-9-5-6-10-4-2-8;5-1-3-7-4-2-6;1-3(5)2-4;3-1-2-4/h1-4H,(H,9,10)(H,11,12);1-4H;7-8H,1-6H2;5-6H,1-4H2;3-5H,2H2,1H3;3-4H,1-2H2. The summed E-state index contributed by atoms with van der Waals surface area (Å²) in [5.41, 5.74) is 0.884. The van der Waals surface area contributed by atoms with Crippen LogP contribution in [0.3, 0.4) is 0 Å². The van der Waals surface area contributed by atoms with Crippen LogP contribution in [-0.2, 0) is 18.9 Å². The molecule has 1 unspecified atom stereocenters. The highest BCUT2D eigenvalue weighted by atomic mass is 16.6. The van der Waals surface area contributed by atoms with Crippen LogP contribution in [0.5, 0.6) is 0 Å². The monoisotopic (exact) mass is 708 g/mol. The molecule has 0 amide bonds. The zero-order valence-corrected chi connectivity index (χ0v) is 27.1. The summed E-state index contributed by atoms with van der Waals surface area (Å²) in [6.07, 6.45) is -0.560. The number of aliphatic hydroxyl groups is 8. The number of benzene rings is 2. The fourth-order valence-electron chi connectivity index (χ4n) is 2.47. The van der Waals surface area contributed by atoms with E-state index in [1.165, 1.54) is 31.2 Å². The second-order valence-corrected chi connectivity index (χ2v) is 8.62. The van der Waals surface area contributed by atoms with Gasteiger partial charge in [0.1, 0.15) is 0 Å². The zero-order valence-electron chi connectivity index (χ0n) is 27.1. The fraction of sp³-hybridized carbons (Fsp3) is 0.484. The molecular formula is C31H48O18. The third kappa shape index (κ3) is 29.9. The van der Waals surface area contributed by atoms with E-state index in [9.17, 15) is 19.2 Å². The lowest BCUT2D eigenvalue weighted by molar-refractivity contribution is 0.0222. The molecule has 1 aliphatic rings. The van der Waals surface area contributed by atoms with Crippen molar-refractivity contribution in [1.82, 2.24) is 0 Å². The van der Waals surface area contributed by atoms with Crippen molar-refractivity contribution in [2.24, 2.45) is 0 Å². The third-order valence-electron chi connectivity index (χ3n) is 4.61. The molecular weight excluding hydrogens is 660 g/mol. The summed E-state index contributed by atoms with van der Waals surface area (Å²) in [6.45, 7) is 3.56. The first kappa shape index (κ1) is 49.5. The molecule has 0 spiro atoms. The minimum absolute atomic E-state index is 0.0278. The van der Waals surface area contributed by atoms with Gasteiger partial charge in [0.25, 0.3) is 0 Å². The lowest BCUT2D eigenvalue weighted by Gasteiger charge is -2.01. The lowest BCUT2D eigenvalue weighted by Crippen LogP contribution is -2.09. The van der Waals surface area contributed by atoms with E-state index in [2.05, 4.69) is 9.47 Å². The Balaban J connectivity index is -0.000000539. The molecule has 2 aromatic carbocycles. The highest BCUT2D eigenvalue weighted by molar-refractivity contribution is 6.14. The van der Waals surface area contributed by atoms with E-state index in [0.29, 0.717) is 50.8 Å². The van der Waals surface area contributed by atoms with Crippen molar-refractivity contribution in [3.63, 3.8) is 0 Å². The normalized spacial score (nSPS) is 11.1. The molecule has 0 fully saturated rings. The molecule has 10 N–H and O–H groups in total. The van der Waals surface area contributed by atoms with Crippen LogP contribution in [0.1, 0.15) is 48.4 Å². The maximum absolute atomic E-state index is 10.8. The number of cyclic esters (lactones) is 2. The van der Waals surface area contributed by atoms with E-state index in [-0.39, 0.29) is 57.4 Å². The summed E-state index contributed by atoms with van der Waals surface area (Å²) in [6, 6.07) is 11.6. The number of hydrogen-bond donors (Lipinski definition) is 10. The molecule has 1 atom stereocenters. The summed E-state index contributed by atoms with van der Waals surface area (Å²) in [7, 11) is 0. The van der Waals surface area contributed by atoms with Crippen molar-refractivity contribution in [1.29, 1.82) is 0 Å². The minimum Gasteiger partial charge on any atom is -0.478 e. The molecule has 0 aliphatic carbocycles. The Morgan fingerprint density at radius 2 is 0.857 bits per heavy atom. The van der Waals surface area contributed by atoms with Crippen LogP contribution in [0.4, 0.5) is 0 Å². The highest BCUT2D eigenvalue weighted by Crippen LogP contribution is 2.18. The van der Waals surface area contributed by atoms with E-state index in [1.807, 2.05) is 0 Å². The summed E-state index contributed by atoms with van der Waals surface area (Å²) < 4.78 is 18.7. The van der Waals surface area contributed by atoms with Gasteiger partial charge < -0.3 is 70.0 Å². The van der Waals surface area contributed by atoms with Crippen molar-refractivity contribution in [3.05, 3.63) is 70.8 Å². The fourth-order valence-corrected chi connectivity index (χ4v) is 2.47. The lowest BCUT2D eigenvalue weighted by atomic mass is 10.1. The van der Waals surface area contributed by atoms with Gasteiger partial charge in [-0.25, -0.2) is 19.2 Å². The second kappa shape index (κ2) is 35.4. The smallest absolute Gasteiger partial charge is 0.346 e. The van der Waals surface area contributed by atoms with Crippen LogP contribution in [-0.4, -0.2) is 167 Å². The van der Waals surface area contributed by atoms with Gasteiger partial charge in [-0.3, -0.25) is 0 Å². The molecule has 18 nitrogen and oxygen atoms in total. The number of carboxylic acids is 2. The van der Waals surface area contributed by atoms with Gasteiger partial charge in [-0.2, -0.15) is 0 Å². The quantitative estimate of drug-likeness (QED) is 0.0566. The van der Waals surface area contributed by atoms with Crippen LogP contribution in [0.25, 0.3) is 0 Å². The maximum atomic E-state index is 10.8. The molecule has 0 aromatic heterocycles. The Bertz CT molecular complexity index is 1030. The van der Waals surface area contributed by atoms with Gasteiger partial charge in [0.05, 0.1) is 114 Å². The number of ether oxygens (including phenoxy) is 4. The summed E-state index contributed by atoms with van der Waals surface area (Å²) in [4.78, 5) is 42.3. The van der Waals surface area contributed by atoms with Crippen molar-refractivity contribution in [3.8, 4) is 0 Å². The minimum atomic E-state index is -1.06. The number of rotatable bonds is 15. The molecule has 3 rings (SSSR count). The molecule has 280 valence electrons. The SMILES string of the molecule is CC(O)CO.O=C(O)c1ccc(C(=O)O)cc1.O=C1OC(=O)c2ccccc21.OCCO.OCCOCCO.OCCOCCOCCO. The number of carbonyl (C=O) groups excluding carboxylic acids is 2. The molecule has 18 heteroatoms. The molecule has 0 radical (unpaired) electrons. The first-order chi connectivity index (χ1) is 23.4. The number of hydrogen-bond acceptors (Lipinski definition) is 16. The molecule has 1 heterocycles. The molecule has 0 saturated carbocycles. The van der Waals surface area contributed by atoms with Crippen molar-refractivity contribution in [2.45, 2.75) is 13.0 Å². The molecule has 49 heavy (non-hydrogen) atoms. The van der Waals surface area contributed by atoms with Gasteiger partial charge in [0.15, 0.2) is 0 Å². The number of carbonyl (C=O) groups is 4. The van der Waals surface area contributed by atoms with Gasteiger partial charge in [-0.15, -0.1) is 0 Å². The van der Waals surface area contributed by atoms with Gasteiger partial charge in [-0.1, -0.05) is 12.1 Å². The van der Waals surface area contributed by atoms with Gasteiger partial charge in [0.2, 0.25) is 0 Å². The topological polar surface area (TPSA) is 308 Å². The van der Waals surface area contributed by atoms with E-state index in [4.69, 9.17) is 60.5 Å². The van der Waals surface area contributed by atoms with Crippen molar-refractivity contribution in [2.75, 3.05) is 85.9 Å². The highest BCUT2D eigenvalue weighted by Gasteiger charge is 2.28. The Labute approximate surface area is 282 Å². The first-order valence-corrected chi connectivity index (χ1v) is 14.5. The first-order valence-electron chi connectivity index (χ1n) is 14.5. The second-order valence-electron chi connectivity index (χ2n) is 8.62. The summed E-state index contributed by atoms with van der Waals surface area (Å²) in [5.74, 6) is -3.23. The predicted molar refractivity (Wildman–Crippen MR) is 170 cm³/mol. The third-order valence-corrected chi connectivity index (χ3v) is 4.61. The van der Waals surface area contributed by atoms with Gasteiger partial charge in [0, 0.05) is 0 Å². The van der Waals surface area contributed by atoms with E-state index in [1.54, 1.807) is 24.3 Å².